The zero-order valence-electron chi connectivity index (χ0n) is 11.2. The van der Waals surface area contributed by atoms with E-state index >= 15 is 0 Å². The first-order valence-corrected chi connectivity index (χ1v) is 6.71. The average molecular weight is 262 g/mol. The minimum Gasteiger partial charge on any atom is -0.364 e. The SMILES string of the molecule is CC(C)c1nc(C2CCCN2Cc2ccon2)no1. The first kappa shape index (κ1) is 12.3. The highest BCUT2D eigenvalue weighted by Crippen LogP contribution is 2.31. The molecule has 0 aliphatic carbocycles. The first-order valence-electron chi connectivity index (χ1n) is 6.71. The van der Waals surface area contributed by atoms with Gasteiger partial charge in [-0.25, -0.2) is 0 Å². The zero-order valence-corrected chi connectivity index (χ0v) is 11.2. The minimum absolute atomic E-state index is 0.230. The van der Waals surface area contributed by atoms with Gasteiger partial charge in [0.25, 0.3) is 0 Å². The van der Waals surface area contributed by atoms with Crippen molar-refractivity contribution in [3.05, 3.63) is 29.7 Å². The Morgan fingerprint density at radius 3 is 3.00 bits per heavy atom. The number of hydrogen-bond acceptors (Lipinski definition) is 6. The summed E-state index contributed by atoms with van der Waals surface area (Å²) < 4.78 is 10.2. The highest BCUT2D eigenvalue weighted by Gasteiger charge is 2.30. The molecule has 1 fully saturated rings. The van der Waals surface area contributed by atoms with Crippen molar-refractivity contribution in [3.63, 3.8) is 0 Å². The molecule has 0 amide bonds. The van der Waals surface area contributed by atoms with Crippen LogP contribution in [0.2, 0.25) is 0 Å². The van der Waals surface area contributed by atoms with Crippen LogP contribution < -0.4 is 0 Å². The predicted octanol–water partition coefficient (Wildman–Crippen LogP) is 2.52. The second-order valence-corrected chi connectivity index (χ2v) is 5.26. The number of rotatable bonds is 4. The van der Waals surface area contributed by atoms with Crippen molar-refractivity contribution in [3.8, 4) is 0 Å². The minimum atomic E-state index is 0.230. The van der Waals surface area contributed by atoms with E-state index in [4.69, 9.17) is 9.05 Å². The van der Waals surface area contributed by atoms with Gasteiger partial charge in [-0.05, 0) is 19.4 Å². The molecule has 6 nitrogen and oxygen atoms in total. The van der Waals surface area contributed by atoms with Gasteiger partial charge in [0, 0.05) is 18.5 Å². The Bertz CT molecular complexity index is 520. The molecule has 2 aromatic rings. The summed E-state index contributed by atoms with van der Waals surface area (Å²) in [5, 5.41) is 8.09. The lowest BCUT2D eigenvalue weighted by atomic mass is 10.2. The van der Waals surface area contributed by atoms with Crippen molar-refractivity contribution in [2.75, 3.05) is 6.54 Å². The molecule has 1 unspecified atom stereocenters. The van der Waals surface area contributed by atoms with Gasteiger partial charge in [-0.2, -0.15) is 4.98 Å². The topological polar surface area (TPSA) is 68.2 Å². The Kier molecular flexibility index (Phi) is 3.33. The van der Waals surface area contributed by atoms with Crippen LogP contribution >= 0.6 is 0 Å². The van der Waals surface area contributed by atoms with Crippen LogP contribution in [0, 0.1) is 0 Å². The molecule has 19 heavy (non-hydrogen) atoms. The highest BCUT2D eigenvalue weighted by molar-refractivity contribution is 5.03. The van der Waals surface area contributed by atoms with E-state index in [1.165, 1.54) is 0 Å². The van der Waals surface area contributed by atoms with Crippen molar-refractivity contribution in [2.45, 2.75) is 45.2 Å². The Morgan fingerprint density at radius 2 is 2.32 bits per heavy atom. The number of likely N-dealkylation sites (tertiary alicyclic amines) is 1. The van der Waals surface area contributed by atoms with Gasteiger partial charge in [0.2, 0.25) is 5.89 Å². The third-order valence-electron chi connectivity index (χ3n) is 3.47. The highest BCUT2D eigenvalue weighted by atomic mass is 16.5. The van der Waals surface area contributed by atoms with Crippen LogP contribution in [0.5, 0.6) is 0 Å². The average Bonchev–Trinajstić information content (AvgIpc) is 3.09. The van der Waals surface area contributed by atoms with Gasteiger partial charge >= 0.3 is 0 Å². The number of nitrogens with zero attached hydrogens (tertiary/aromatic N) is 4. The quantitative estimate of drug-likeness (QED) is 0.843. The Morgan fingerprint density at radius 1 is 1.42 bits per heavy atom. The molecule has 3 heterocycles. The molecule has 2 aromatic heterocycles. The van der Waals surface area contributed by atoms with Crippen LogP contribution in [0.25, 0.3) is 0 Å². The van der Waals surface area contributed by atoms with E-state index in [2.05, 4.69) is 34.0 Å². The van der Waals surface area contributed by atoms with Crippen molar-refractivity contribution >= 4 is 0 Å². The van der Waals surface area contributed by atoms with E-state index in [1.807, 2.05) is 6.07 Å². The van der Waals surface area contributed by atoms with E-state index in [1.54, 1.807) is 6.26 Å². The summed E-state index contributed by atoms with van der Waals surface area (Å²) >= 11 is 0. The summed E-state index contributed by atoms with van der Waals surface area (Å²) in [6.07, 6.45) is 3.81. The molecule has 0 saturated carbocycles. The van der Waals surface area contributed by atoms with Crippen LogP contribution in [-0.2, 0) is 6.54 Å². The Hall–Kier alpha value is -1.69. The molecule has 0 radical (unpaired) electrons. The van der Waals surface area contributed by atoms with Gasteiger partial charge in [-0.15, -0.1) is 0 Å². The second-order valence-electron chi connectivity index (χ2n) is 5.26. The second kappa shape index (κ2) is 5.13. The first-order chi connectivity index (χ1) is 9.24. The summed E-state index contributed by atoms with van der Waals surface area (Å²) in [4.78, 5) is 6.83. The van der Waals surface area contributed by atoms with E-state index in [0.29, 0.717) is 5.89 Å². The van der Waals surface area contributed by atoms with E-state index < -0.39 is 0 Å². The largest absolute Gasteiger partial charge is 0.364 e. The fourth-order valence-electron chi connectivity index (χ4n) is 2.45. The van der Waals surface area contributed by atoms with Crippen molar-refractivity contribution in [1.29, 1.82) is 0 Å². The van der Waals surface area contributed by atoms with E-state index in [9.17, 15) is 0 Å². The molecular weight excluding hydrogens is 244 g/mol. The van der Waals surface area contributed by atoms with Gasteiger partial charge < -0.3 is 9.05 Å². The number of aromatic nitrogens is 3. The van der Waals surface area contributed by atoms with Gasteiger partial charge in [-0.1, -0.05) is 24.2 Å². The summed E-state index contributed by atoms with van der Waals surface area (Å²) in [5.41, 5.74) is 0.944. The summed E-state index contributed by atoms with van der Waals surface area (Å²) in [6.45, 7) is 5.91. The Labute approximate surface area is 111 Å². The molecule has 1 saturated heterocycles. The fourth-order valence-corrected chi connectivity index (χ4v) is 2.45. The predicted molar refractivity (Wildman–Crippen MR) is 67.3 cm³/mol. The van der Waals surface area contributed by atoms with Gasteiger partial charge in [-0.3, -0.25) is 4.90 Å². The molecule has 6 heteroatoms. The lowest BCUT2D eigenvalue weighted by molar-refractivity contribution is 0.227. The van der Waals surface area contributed by atoms with Crippen LogP contribution in [0.3, 0.4) is 0 Å². The number of hydrogen-bond donors (Lipinski definition) is 0. The monoisotopic (exact) mass is 262 g/mol. The molecule has 0 bridgehead atoms. The van der Waals surface area contributed by atoms with Crippen molar-refractivity contribution in [1.82, 2.24) is 20.2 Å². The smallest absolute Gasteiger partial charge is 0.229 e. The molecule has 1 aliphatic heterocycles. The van der Waals surface area contributed by atoms with Gasteiger partial charge in [0.1, 0.15) is 6.26 Å². The lowest BCUT2D eigenvalue weighted by Gasteiger charge is -2.20. The van der Waals surface area contributed by atoms with Crippen LogP contribution in [0.4, 0.5) is 0 Å². The summed E-state index contributed by atoms with van der Waals surface area (Å²) in [6, 6.07) is 2.12. The Balaban J connectivity index is 1.74. The van der Waals surface area contributed by atoms with Crippen LogP contribution in [0.1, 0.15) is 56.1 Å². The molecule has 0 spiro atoms. The molecule has 3 rings (SSSR count). The maximum atomic E-state index is 5.30. The molecule has 102 valence electrons. The van der Waals surface area contributed by atoms with Crippen molar-refractivity contribution < 1.29 is 9.05 Å². The molecule has 1 atom stereocenters. The van der Waals surface area contributed by atoms with Crippen molar-refractivity contribution in [2.24, 2.45) is 0 Å². The molecule has 0 N–H and O–H groups in total. The molecule has 1 aliphatic rings. The van der Waals surface area contributed by atoms with Crippen LogP contribution in [-0.4, -0.2) is 26.7 Å². The third kappa shape index (κ3) is 2.53. The third-order valence-corrected chi connectivity index (χ3v) is 3.47. The fraction of sp³-hybridized carbons (Fsp3) is 0.615. The molecule has 0 aromatic carbocycles. The van der Waals surface area contributed by atoms with Crippen LogP contribution in [0.15, 0.2) is 21.4 Å². The lowest BCUT2D eigenvalue weighted by Crippen LogP contribution is -2.23. The molecular formula is C13H18N4O2. The van der Waals surface area contributed by atoms with E-state index in [0.717, 1.165) is 37.4 Å². The standard InChI is InChI=1S/C13H18N4O2/c1-9(2)13-14-12(16-19-13)11-4-3-6-17(11)8-10-5-7-18-15-10/h5,7,9,11H,3-4,6,8H2,1-2H3. The van der Waals surface area contributed by atoms with E-state index in [-0.39, 0.29) is 12.0 Å². The van der Waals surface area contributed by atoms with Gasteiger partial charge in [0.15, 0.2) is 5.82 Å². The normalized spacial score (nSPS) is 20.5. The summed E-state index contributed by atoms with van der Waals surface area (Å²) in [7, 11) is 0. The maximum Gasteiger partial charge on any atom is 0.229 e. The van der Waals surface area contributed by atoms with Gasteiger partial charge in [0.05, 0.1) is 11.7 Å². The maximum absolute atomic E-state index is 5.30. The summed E-state index contributed by atoms with van der Waals surface area (Å²) in [5.74, 6) is 1.78. The zero-order chi connectivity index (χ0) is 13.2.